The van der Waals surface area contributed by atoms with E-state index < -0.39 is 0 Å². The van der Waals surface area contributed by atoms with Gasteiger partial charge in [-0.25, -0.2) is 0 Å². The zero-order valence-corrected chi connectivity index (χ0v) is 15.9. The number of likely N-dealkylation sites (N-methyl/N-ethyl adjacent to an activating group) is 1. The van der Waals surface area contributed by atoms with Crippen LogP contribution in [0.25, 0.3) is 0 Å². The summed E-state index contributed by atoms with van der Waals surface area (Å²) >= 11 is 0. The van der Waals surface area contributed by atoms with Crippen LogP contribution in [-0.2, 0) is 19.0 Å². The number of likely N-dealkylation sites (tertiary alicyclic amines) is 1. The third-order valence-electron chi connectivity index (χ3n) is 6.04. The molecule has 0 aromatic heterocycles. The molecule has 2 atom stereocenters. The quantitative estimate of drug-likeness (QED) is 0.721. The van der Waals surface area contributed by atoms with Crippen LogP contribution in [0.1, 0.15) is 32.1 Å². The molecule has 3 aliphatic heterocycles. The van der Waals surface area contributed by atoms with Crippen molar-refractivity contribution in [2.45, 2.75) is 38.2 Å². The highest BCUT2D eigenvalue weighted by Crippen LogP contribution is 2.40. The maximum atomic E-state index is 11.8. The van der Waals surface area contributed by atoms with Crippen molar-refractivity contribution in [1.82, 2.24) is 9.80 Å². The minimum atomic E-state index is 0.0274. The number of ether oxygens (including phenoxy) is 3. The van der Waals surface area contributed by atoms with Crippen molar-refractivity contribution in [2.75, 3.05) is 66.8 Å². The van der Waals surface area contributed by atoms with Crippen LogP contribution in [0.2, 0.25) is 0 Å². The van der Waals surface area contributed by atoms with Crippen LogP contribution < -0.4 is 0 Å². The summed E-state index contributed by atoms with van der Waals surface area (Å²) in [5, 5.41) is 0. The van der Waals surface area contributed by atoms with Crippen molar-refractivity contribution in [3.63, 3.8) is 0 Å². The highest BCUT2D eigenvalue weighted by molar-refractivity contribution is 5.76. The van der Waals surface area contributed by atoms with Crippen LogP contribution >= 0.6 is 0 Å². The Kier molecular flexibility index (Phi) is 6.72. The predicted octanol–water partition coefficient (Wildman–Crippen LogP) is 1.39. The molecule has 6 heteroatoms. The van der Waals surface area contributed by atoms with Crippen molar-refractivity contribution >= 4 is 5.91 Å². The Morgan fingerprint density at radius 1 is 1.24 bits per heavy atom. The normalized spacial score (nSPS) is 31.5. The van der Waals surface area contributed by atoms with E-state index in [4.69, 9.17) is 14.2 Å². The third kappa shape index (κ3) is 4.94. The first kappa shape index (κ1) is 19.1. The maximum absolute atomic E-state index is 11.8. The predicted molar refractivity (Wildman–Crippen MR) is 95.5 cm³/mol. The molecule has 3 heterocycles. The first-order valence-corrected chi connectivity index (χ1v) is 9.79. The van der Waals surface area contributed by atoms with Gasteiger partial charge in [-0.05, 0) is 38.0 Å². The second kappa shape index (κ2) is 8.80. The standard InChI is InChI=1S/C19H34N2O4/c1-20(2)18(22)13-24-15-19-7-3-9-25-17(19)4-8-21(14-19)12-16-5-10-23-11-6-16/h16-17H,3-15H2,1-2H3/t17-,19-/m0/s1. The zero-order valence-electron chi connectivity index (χ0n) is 15.9. The Morgan fingerprint density at radius 3 is 2.80 bits per heavy atom. The number of carbonyl (C=O) groups is 1. The van der Waals surface area contributed by atoms with E-state index >= 15 is 0 Å². The summed E-state index contributed by atoms with van der Waals surface area (Å²) in [6.45, 7) is 6.78. The van der Waals surface area contributed by atoms with Gasteiger partial charge in [0.25, 0.3) is 0 Å². The van der Waals surface area contributed by atoms with Gasteiger partial charge in [-0.2, -0.15) is 0 Å². The van der Waals surface area contributed by atoms with Crippen LogP contribution in [0.4, 0.5) is 0 Å². The number of rotatable bonds is 6. The van der Waals surface area contributed by atoms with E-state index in [1.54, 1.807) is 19.0 Å². The van der Waals surface area contributed by atoms with Crippen LogP contribution in [0, 0.1) is 11.3 Å². The summed E-state index contributed by atoms with van der Waals surface area (Å²) in [6.07, 6.45) is 5.94. The molecule has 1 amide bonds. The zero-order chi connectivity index (χ0) is 17.7. The molecule has 25 heavy (non-hydrogen) atoms. The Bertz CT molecular complexity index is 439. The Balaban J connectivity index is 1.57. The van der Waals surface area contributed by atoms with E-state index in [-0.39, 0.29) is 24.0 Å². The maximum Gasteiger partial charge on any atom is 0.248 e. The fraction of sp³-hybridized carbons (Fsp3) is 0.947. The minimum absolute atomic E-state index is 0.0274. The van der Waals surface area contributed by atoms with Crippen LogP contribution in [0.15, 0.2) is 0 Å². The molecule has 3 saturated heterocycles. The molecular formula is C19H34N2O4. The smallest absolute Gasteiger partial charge is 0.248 e. The van der Waals surface area contributed by atoms with Gasteiger partial charge in [0.15, 0.2) is 0 Å². The number of fused-ring (bicyclic) bond motifs is 1. The van der Waals surface area contributed by atoms with Gasteiger partial charge in [0.05, 0.1) is 12.7 Å². The van der Waals surface area contributed by atoms with Crippen LogP contribution in [0.3, 0.4) is 0 Å². The van der Waals surface area contributed by atoms with Gasteiger partial charge in [0.2, 0.25) is 5.91 Å². The molecule has 0 unspecified atom stereocenters. The number of carbonyl (C=O) groups excluding carboxylic acids is 1. The van der Waals surface area contributed by atoms with Crippen molar-refractivity contribution in [1.29, 1.82) is 0 Å². The number of piperidine rings is 1. The Morgan fingerprint density at radius 2 is 2.04 bits per heavy atom. The molecule has 0 aromatic rings. The summed E-state index contributed by atoms with van der Waals surface area (Å²) in [7, 11) is 3.54. The lowest BCUT2D eigenvalue weighted by Gasteiger charge is -2.51. The van der Waals surface area contributed by atoms with E-state index in [1.807, 2.05) is 0 Å². The first-order valence-electron chi connectivity index (χ1n) is 9.79. The molecule has 3 rings (SSSR count). The van der Waals surface area contributed by atoms with Crippen molar-refractivity contribution in [3.05, 3.63) is 0 Å². The first-order chi connectivity index (χ1) is 12.1. The van der Waals surface area contributed by atoms with E-state index in [0.717, 1.165) is 64.6 Å². The van der Waals surface area contributed by atoms with E-state index in [0.29, 0.717) is 6.61 Å². The van der Waals surface area contributed by atoms with Gasteiger partial charge in [0, 0.05) is 59.0 Å². The summed E-state index contributed by atoms with van der Waals surface area (Å²) in [5.74, 6) is 0.780. The average Bonchev–Trinajstić information content (AvgIpc) is 2.62. The molecule has 3 aliphatic rings. The van der Waals surface area contributed by atoms with Crippen molar-refractivity contribution in [2.24, 2.45) is 11.3 Å². The van der Waals surface area contributed by atoms with Gasteiger partial charge < -0.3 is 24.0 Å². The largest absolute Gasteiger partial charge is 0.381 e. The summed E-state index contributed by atoms with van der Waals surface area (Å²) in [5.41, 5.74) is 0.0499. The van der Waals surface area contributed by atoms with Crippen LogP contribution in [0.5, 0.6) is 0 Å². The molecule has 0 bridgehead atoms. The molecular weight excluding hydrogens is 320 g/mol. The summed E-state index contributed by atoms with van der Waals surface area (Å²) in [4.78, 5) is 16.0. The molecule has 6 nitrogen and oxygen atoms in total. The third-order valence-corrected chi connectivity index (χ3v) is 6.04. The lowest BCUT2D eigenvalue weighted by molar-refractivity contribution is -0.160. The average molecular weight is 354 g/mol. The van der Waals surface area contributed by atoms with Crippen LogP contribution in [-0.4, -0.2) is 88.6 Å². The lowest BCUT2D eigenvalue weighted by Crippen LogP contribution is -2.57. The van der Waals surface area contributed by atoms with Crippen molar-refractivity contribution < 1.29 is 19.0 Å². The minimum Gasteiger partial charge on any atom is -0.381 e. The van der Waals surface area contributed by atoms with Gasteiger partial charge in [0.1, 0.15) is 6.61 Å². The van der Waals surface area contributed by atoms with E-state index in [2.05, 4.69) is 4.90 Å². The molecule has 0 saturated carbocycles. The summed E-state index contributed by atoms with van der Waals surface area (Å²) in [6, 6.07) is 0. The highest BCUT2D eigenvalue weighted by atomic mass is 16.5. The molecule has 0 N–H and O–H groups in total. The highest BCUT2D eigenvalue weighted by Gasteiger charge is 2.46. The molecule has 0 spiro atoms. The summed E-state index contributed by atoms with van der Waals surface area (Å²) < 4.78 is 17.5. The Hall–Kier alpha value is -0.690. The SMILES string of the molecule is CN(C)C(=O)COC[C@@]12CCCO[C@H]1CCN(CC1CCOCC1)C2. The fourth-order valence-corrected chi connectivity index (χ4v) is 4.51. The molecule has 0 aromatic carbocycles. The molecule has 3 fully saturated rings. The second-order valence-electron chi connectivity index (χ2n) is 8.19. The van der Waals surface area contributed by atoms with E-state index in [1.165, 1.54) is 12.8 Å². The number of nitrogens with zero attached hydrogens (tertiary/aromatic N) is 2. The fourth-order valence-electron chi connectivity index (χ4n) is 4.51. The lowest BCUT2D eigenvalue weighted by atomic mass is 9.72. The van der Waals surface area contributed by atoms with Gasteiger partial charge >= 0.3 is 0 Å². The molecule has 0 aliphatic carbocycles. The Labute approximate surface area is 151 Å². The van der Waals surface area contributed by atoms with Crippen molar-refractivity contribution in [3.8, 4) is 0 Å². The molecule has 0 radical (unpaired) electrons. The van der Waals surface area contributed by atoms with Gasteiger partial charge in [-0.3, -0.25) is 4.79 Å². The number of hydrogen-bond acceptors (Lipinski definition) is 5. The monoisotopic (exact) mass is 354 g/mol. The van der Waals surface area contributed by atoms with Gasteiger partial charge in [-0.1, -0.05) is 0 Å². The number of hydrogen-bond donors (Lipinski definition) is 0. The number of amides is 1. The molecule has 144 valence electrons. The second-order valence-corrected chi connectivity index (χ2v) is 8.19. The van der Waals surface area contributed by atoms with E-state index in [9.17, 15) is 4.79 Å². The van der Waals surface area contributed by atoms with Gasteiger partial charge in [-0.15, -0.1) is 0 Å². The topological polar surface area (TPSA) is 51.2 Å².